The Morgan fingerprint density at radius 3 is 2.53 bits per heavy atom. The molecule has 2 nitrogen and oxygen atoms in total. The molecular weight excluding hydrogens is 234 g/mol. The van der Waals surface area contributed by atoms with Crippen LogP contribution in [-0.4, -0.2) is 26.2 Å². The first-order valence-electron chi connectivity index (χ1n) is 7.79. The molecule has 106 valence electrons. The number of nitrogens with one attached hydrogen (secondary N) is 1. The highest BCUT2D eigenvalue weighted by Crippen LogP contribution is 2.16. The van der Waals surface area contributed by atoms with Crippen LogP contribution in [0, 0.1) is 13.8 Å². The summed E-state index contributed by atoms with van der Waals surface area (Å²) in [7, 11) is 0. The lowest BCUT2D eigenvalue weighted by atomic mass is 10.1. The molecule has 0 atom stereocenters. The van der Waals surface area contributed by atoms with Crippen molar-refractivity contribution in [2.75, 3.05) is 26.2 Å². The average molecular weight is 262 g/mol. The lowest BCUT2D eigenvalue weighted by Gasteiger charge is -2.12. The minimum atomic E-state index is 0.859. The number of hydrogen-bond acceptors (Lipinski definition) is 1. The van der Waals surface area contributed by atoms with Crippen molar-refractivity contribution >= 4 is 0 Å². The zero-order valence-electron chi connectivity index (χ0n) is 12.5. The molecule has 2 rings (SSSR count). The molecule has 0 bridgehead atoms. The third-order valence-electron chi connectivity index (χ3n) is 4.23. The van der Waals surface area contributed by atoms with Gasteiger partial charge in [0.2, 0.25) is 0 Å². The number of aryl methyl sites for hydroxylation is 2. The van der Waals surface area contributed by atoms with E-state index >= 15 is 0 Å². The van der Waals surface area contributed by atoms with Gasteiger partial charge in [-0.3, -0.25) is 0 Å². The van der Waals surface area contributed by atoms with Crippen LogP contribution in [0.1, 0.15) is 43.2 Å². The lowest BCUT2D eigenvalue weighted by Crippen LogP contribution is -3.09. The maximum atomic E-state index is 5.81. The Hall–Kier alpha value is -1.02. The molecule has 0 radical (unpaired) electrons. The second-order valence-corrected chi connectivity index (χ2v) is 5.86. The van der Waals surface area contributed by atoms with Crippen LogP contribution < -0.4 is 9.64 Å². The summed E-state index contributed by atoms with van der Waals surface area (Å²) in [5, 5.41) is 0. The fraction of sp³-hybridized carbons (Fsp3) is 0.647. The van der Waals surface area contributed by atoms with Crippen molar-refractivity contribution in [3.63, 3.8) is 0 Å². The van der Waals surface area contributed by atoms with E-state index < -0.39 is 0 Å². The molecule has 0 amide bonds. The Bertz CT molecular complexity index is 383. The summed E-state index contributed by atoms with van der Waals surface area (Å²) in [4.78, 5) is 1.81. The number of quaternary nitrogens is 1. The van der Waals surface area contributed by atoms with Crippen molar-refractivity contribution in [3.05, 3.63) is 29.3 Å². The zero-order valence-corrected chi connectivity index (χ0v) is 12.5. The van der Waals surface area contributed by atoms with Crippen LogP contribution in [0.15, 0.2) is 18.2 Å². The molecule has 0 aliphatic carbocycles. The molecule has 1 saturated heterocycles. The summed E-state index contributed by atoms with van der Waals surface area (Å²) in [6.45, 7) is 9.31. The standard InChI is InChI=1S/C17H27NO/c1-15-8-9-17(14-16(15)2)19-13-7-3-4-10-18-11-5-6-12-18/h8-9,14H,3-7,10-13H2,1-2H3/p+1. The Morgan fingerprint density at radius 1 is 1.00 bits per heavy atom. The number of benzene rings is 1. The maximum absolute atomic E-state index is 5.81. The van der Waals surface area contributed by atoms with Crippen molar-refractivity contribution in [1.82, 2.24) is 0 Å². The van der Waals surface area contributed by atoms with Crippen LogP contribution in [0.3, 0.4) is 0 Å². The van der Waals surface area contributed by atoms with Gasteiger partial charge in [0.05, 0.1) is 26.2 Å². The van der Waals surface area contributed by atoms with Crippen molar-refractivity contribution in [2.24, 2.45) is 0 Å². The van der Waals surface area contributed by atoms with E-state index in [-0.39, 0.29) is 0 Å². The van der Waals surface area contributed by atoms with Crippen molar-refractivity contribution < 1.29 is 9.64 Å². The topological polar surface area (TPSA) is 13.7 Å². The number of rotatable bonds is 7. The third kappa shape index (κ3) is 4.87. The minimum absolute atomic E-state index is 0.859. The van der Waals surface area contributed by atoms with Crippen LogP contribution in [-0.2, 0) is 0 Å². The molecule has 1 aliphatic heterocycles. The van der Waals surface area contributed by atoms with E-state index in [0.29, 0.717) is 0 Å². The van der Waals surface area contributed by atoms with Crippen LogP contribution in [0.5, 0.6) is 5.75 Å². The molecule has 1 heterocycles. The maximum Gasteiger partial charge on any atom is 0.119 e. The lowest BCUT2D eigenvalue weighted by molar-refractivity contribution is -0.887. The molecule has 0 aromatic heterocycles. The van der Waals surface area contributed by atoms with Gasteiger partial charge in [-0.25, -0.2) is 0 Å². The van der Waals surface area contributed by atoms with Gasteiger partial charge in [0.25, 0.3) is 0 Å². The molecule has 1 aromatic carbocycles. The van der Waals surface area contributed by atoms with Crippen LogP contribution in [0.4, 0.5) is 0 Å². The number of unbranched alkanes of at least 4 members (excludes halogenated alkanes) is 2. The van der Waals surface area contributed by atoms with Crippen LogP contribution >= 0.6 is 0 Å². The molecular formula is C17H28NO+. The van der Waals surface area contributed by atoms with E-state index in [1.807, 2.05) is 4.90 Å². The highest BCUT2D eigenvalue weighted by atomic mass is 16.5. The van der Waals surface area contributed by atoms with Crippen LogP contribution in [0.25, 0.3) is 0 Å². The quantitative estimate of drug-likeness (QED) is 0.746. The van der Waals surface area contributed by atoms with Gasteiger partial charge < -0.3 is 9.64 Å². The summed E-state index contributed by atoms with van der Waals surface area (Å²) in [5.74, 6) is 1.02. The second kappa shape index (κ2) is 7.54. The van der Waals surface area contributed by atoms with Crippen molar-refractivity contribution in [1.29, 1.82) is 0 Å². The van der Waals surface area contributed by atoms with E-state index in [0.717, 1.165) is 12.4 Å². The average Bonchev–Trinajstić information content (AvgIpc) is 2.91. The van der Waals surface area contributed by atoms with Gasteiger partial charge in [-0.15, -0.1) is 0 Å². The summed E-state index contributed by atoms with van der Waals surface area (Å²) in [6, 6.07) is 6.36. The van der Waals surface area contributed by atoms with Gasteiger partial charge in [-0.1, -0.05) is 6.07 Å². The van der Waals surface area contributed by atoms with E-state index in [4.69, 9.17) is 4.74 Å². The summed E-state index contributed by atoms with van der Waals surface area (Å²) < 4.78 is 5.81. The number of hydrogen-bond donors (Lipinski definition) is 1. The Kier molecular flexibility index (Phi) is 5.71. The fourth-order valence-electron chi connectivity index (χ4n) is 2.77. The van der Waals surface area contributed by atoms with Crippen molar-refractivity contribution in [2.45, 2.75) is 46.0 Å². The molecule has 0 unspecified atom stereocenters. The van der Waals surface area contributed by atoms with Crippen molar-refractivity contribution in [3.8, 4) is 5.75 Å². The molecule has 19 heavy (non-hydrogen) atoms. The third-order valence-corrected chi connectivity index (χ3v) is 4.23. The zero-order chi connectivity index (χ0) is 13.5. The van der Waals surface area contributed by atoms with Gasteiger partial charge in [0, 0.05) is 12.8 Å². The minimum Gasteiger partial charge on any atom is -0.494 e. The molecule has 1 aromatic rings. The SMILES string of the molecule is Cc1ccc(OCCCCC[NH+]2CCCC2)cc1C. The number of ether oxygens (including phenoxy) is 1. The summed E-state index contributed by atoms with van der Waals surface area (Å²) in [5.41, 5.74) is 2.65. The highest BCUT2D eigenvalue weighted by molar-refractivity contribution is 5.33. The second-order valence-electron chi connectivity index (χ2n) is 5.86. The molecule has 1 fully saturated rings. The number of likely N-dealkylation sites (tertiary alicyclic amines) is 1. The molecule has 1 aliphatic rings. The fourth-order valence-corrected chi connectivity index (χ4v) is 2.77. The van der Waals surface area contributed by atoms with Crippen LogP contribution in [0.2, 0.25) is 0 Å². The summed E-state index contributed by atoms with van der Waals surface area (Å²) >= 11 is 0. The van der Waals surface area contributed by atoms with Gasteiger partial charge in [-0.05, 0) is 56.4 Å². The molecule has 0 saturated carbocycles. The molecule has 2 heteroatoms. The van der Waals surface area contributed by atoms with Gasteiger partial charge >= 0.3 is 0 Å². The molecule has 0 spiro atoms. The summed E-state index contributed by atoms with van der Waals surface area (Å²) in [6.07, 6.45) is 6.70. The van der Waals surface area contributed by atoms with Gasteiger partial charge in [0.1, 0.15) is 5.75 Å². The normalized spacial score (nSPS) is 15.9. The first kappa shape index (κ1) is 14.4. The van der Waals surface area contributed by atoms with E-state index in [1.165, 1.54) is 62.9 Å². The first-order chi connectivity index (χ1) is 9.25. The predicted octanol–water partition coefficient (Wildman–Crippen LogP) is 2.53. The Morgan fingerprint density at radius 2 is 1.79 bits per heavy atom. The van der Waals surface area contributed by atoms with E-state index in [1.54, 1.807) is 0 Å². The molecule has 1 N–H and O–H groups in total. The van der Waals surface area contributed by atoms with Gasteiger partial charge in [-0.2, -0.15) is 0 Å². The Balaban J connectivity index is 1.54. The Labute approximate surface area is 117 Å². The predicted molar refractivity (Wildman–Crippen MR) is 80.1 cm³/mol. The smallest absolute Gasteiger partial charge is 0.119 e. The van der Waals surface area contributed by atoms with E-state index in [9.17, 15) is 0 Å². The van der Waals surface area contributed by atoms with E-state index in [2.05, 4.69) is 32.0 Å². The highest BCUT2D eigenvalue weighted by Gasteiger charge is 2.13. The largest absolute Gasteiger partial charge is 0.494 e. The monoisotopic (exact) mass is 262 g/mol. The van der Waals surface area contributed by atoms with Gasteiger partial charge in [0.15, 0.2) is 0 Å². The first-order valence-corrected chi connectivity index (χ1v) is 7.79.